The molecule has 12 heteroatoms. The summed E-state index contributed by atoms with van der Waals surface area (Å²) in [4.78, 5) is 39.8. The van der Waals surface area contributed by atoms with Crippen LogP contribution < -0.4 is 22.0 Å². The van der Waals surface area contributed by atoms with E-state index in [0.717, 1.165) is 31.1 Å². The molecule has 5 aromatic rings. The van der Waals surface area contributed by atoms with Crippen molar-refractivity contribution in [2.24, 2.45) is 0 Å². The highest BCUT2D eigenvalue weighted by molar-refractivity contribution is 7.22. The molecule has 0 spiro atoms. The first-order valence-corrected chi connectivity index (χ1v) is 12.7. The van der Waals surface area contributed by atoms with Crippen molar-refractivity contribution >= 4 is 49.9 Å². The van der Waals surface area contributed by atoms with Gasteiger partial charge in [-0.25, -0.2) is 19.1 Å². The van der Waals surface area contributed by atoms with Gasteiger partial charge in [-0.15, -0.1) is 0 Å². The minimum absolute atomic E-state index is 0.0122. The Kier molecular flexibility index (Phi) is 6.67. The van der Waals surface area contributed by atoms with Gasteiger partial charge in [0.25, 0.3) is 0 Å². The van der Waals surface area contributed by atoms with Crippen LogP contribution in [0.25, 0.3) is 15.9 Å². The first kappa shape index (κ1) is 25.1. The quantitative estimate of drug-likeness (QED) is 0.322. The predicted octanol–water partition coefficient (Wildman–Crippen LogP) is 4.37. The number of anilines is 3. The van der Waals surface area contributed by atoms with Crippen molar-refractivity contribution in [2.75, 3.05) is 17.7 Å². The summed E-state index contributed by atoms with van der Waals surface area (Å²) in [6, 6.07) is 12.5. The monoisotopic (exact) mass is 544 g/mol. The molecule has 0 bridgehead atoms. The number of nitrogens with one attached hydrogen (secondary N) is 2. The topological polar surface area (TPSA) is 131 Å². The molecule has 0 radical (unpaired) electrons. The van der Waals surface area contributed by atoms with Crippen LogP contribution in [-0.2, 0) is 6.54 Å². The van der Waals surface area contributed by atoms with Gasteiger partial charge >= 0.3 is 11.4 Å². The zero-order chi connectivity index (χ0) is 27.0. The van der Waals surface area contributed by atoms with Gasteiger partial charge in [0.05, 0.1) is 51.0 Å². The number of pyridine rings is 1. The normalized spacial score (nSPS) is 10.9. The number of thiazole rings is 1. The van der Waals surface area contributed by atoms with E-state index < -0.39 is 11.4 Å². The van der Waals surface area contributed by atoms with Crippen molar-refractivity contribution in [3.05, 3.63) is 97.0 Å². The van der Waals surface area contributed by atoms with Crippen LogP contribution >= 0.6 is 22.9 Å². The molecule has 0 saturated carbocycles. The Morgan fingerprint density at radius 1 is 1.11 bits per heavy atom. The standard InChI is InChI=1S/C26H21ClN8O2S/c1-14-6-18(12-30-11-14)35-25(36)33-23(31-20-9-22-21(8-19(20)27)32-24(29-3)38-22)34(26(35)37)13-17-7-16(10-28)5-4-15(17)2/h4-9,11-12H,13H2,1-3H3,(H,29,32)(H,31,33,36). The van der Waals surface area contributed by atoms with E-state index in [-0.39, 0.29) is 12.5 Å². The van der Waals surface area contributed by atoms with Crippen LogP contribution in [0, 0.1) is 25.2 Å². The fraction of sp³-hybridized carbons (Fsp3) is 0.154. The van der Waals surface area contributed by atoms with E-state index in [1.54, 1.807) is 43.6 Å². The second-order valence-electron chi connectivity index (χ2n) is 8.59. The van der Waals surface area contributed by atoms with Gasteiger partial charge in [0.1, 0.15) is 0 Å². The largest absolute Gasteiger partial charge is 0.365 e. The van der Waals surface area contributed by atoms with E-state index in [1.807, 2.05) is 19.9 Å². The van der Waals surface area contributed by atoms with Gasteiger partial charge in [-0.3, -0.25) is 9.55 Å². The van der Waals surface area contributed by atoms with Crippen molar-refractivity contribution in [2.45, 2.75) is 20.4 Å². The summed E-state index contributed by atoms with van der Waals surface area (Å²) in [5.41, 5.74) is 2.94. The predicted molar refractivity (Wildman–Crippen MR) is 149 cm³/mol. The van der Waals surface area contributed by atoms with Crippen LogP contribution in [-0.4, -0.2) is 31.1 Å². The first-order chi connectivity index (χ1) is 18.3. The summed E-state index contributed by atoms with van der Waals surface area (Å²) in [5, 5.41) is 16.6. The third kappa shape index (κ3) is 4.74. The number of aryl methyl sites for hydroxylation is 2. The average molecular weight is 545 g/mol. The Morgan fingerprint density at radius 2 is 1.92 bits per heavy atom. The first-order valence-electron chi connectivity index (χ1n) is 11.5. The van der Waals surface area contributed by atoms with Gasteiger partial charge in [-0.05, 0) is 60.9 Å². The highest BCUT2D eigenvalue weighted by Gasteiger charge is 2.18. The second-order valence-corrected chi connectivity index (χ2v) is 10.0. The summed E-state index contributed by atoms with van der Waals surface area (Å²) in [5.74, 6) is 0.0122. The zero-order valence-corrected chi connectivity index (χ0v) is 22.2. The van der Waals surface area contributed by atoms with Gasteiger partial charge in [0.2, 0.25) is 5.95 Å². The molecule has 3 aromatic heterocycles. The molecule has 3 heterocycles. The van der Waals surface area contributed by atoms with E-state index in [4.69, 9.17) is 11.6 Å². The fourth-order valence-electron chi connectivity index (χ4n) is 3.97. The highest BCUT2D eigenvalue weighted by atomic mass is 35.5. The van der Waals surface area contributed by atoms with Crippen molar-refractivity contribution < 1.29 is 0 Å². The minimum atomic E-state index is -0.767. The molecule has 0 unspecified atom stereocenters. The molecule has 38 heavy (non-hydrogen) atoms. The van der Waals surface area contributed by atoms with Gasteiger partial charge in [0, 0.05) is 13.2 Å². The van der Waals surface area contributed by atoms with E-state index in [0.29, 0.717) is 27.5 Å². The van der Waals surface area contributed by atoms with Crippen LogP contribution in [0.1, 0.15) is 22.3 Å². The van der Waals surface area contributed by atoms with Crippen LogP contribution in [0.3, 0.4) is 0 Å². The molecular weight excluding hydrogens is 524 g/mol. The molecule has 0 amide bonds. The Bertz CT molecular complexity index is 1870. The smallest absolute Gasteiger partial charge is 0.359 e. The maximum absolute atomic E-state index is 13.8. The van der Waals surface area contributed by atoms with Crippen molar-refractivity contribution in [3.63, 3.8) is 0 Å². The van der Waals surface area contributed by atoms with Gasteiger partial charge in [0.15, 0.2) is 5.13 Å². The molecule has 0 fully saturated rings. The number of hydrogen-bond acceptors (Lipinski definition) is 9. The number of nitriles is 1. The van der Waals surface area contributed by atoms with E-state index in [9.17, 15) is 14.9 Å². The van der Waals surface area contributed by atoms with Crippen LogP contribution in [0.5, 0.6) is 0 Å². The minimum Gasteiger partial charge on any atom is -0.365 e. The summed E-state index contributed by atoms with van der Waals surface area (Å²) >= 11 is 7.98. The summed E-state index contributed by atoms with van der Waals surface area (Å²) < 4.78 is 3.17. The molecule has 5 rings (SSSR count). The molecular formula is C26H21ClN8O2S. The molecule has 10 nitrogen and oxygen atoms in total. The highest BCUT2D eigenvalue weighted by Crippen LogP contribution is 2.34. The number of benzene rings is 2. The second kappa shape index (κ2) is 10.1. The Hall–Kier alpha value is -4.53. The Labute approximate surface area is 225 Å². The van der Waals surface area contributed by atoms with Crippen molar-refractivity contribution in [3.8, 4) is 11.8 Å². The number of fused-ring (bicyclic) bond motifs is 1. The Morgan fingerprint density at radius 3 is 2.66 bits per heavy atom. The van der Waals surface area contributed by atoms with E-state index >= 15 is 0 Å². The maximum Gasteiger partial charge on any atom is 0.359 e. The van der Waals surface area contributed by atoms with Crippen LogP contribution in [0.4, 0.5) is 16.8 Å². The molecule has 190 valence electrons. The van der Waals surface area contributed by atoms with Gasteiger partial charge in [-0.1, -0.05) is 29.0 Å². The summed E-state index contributed by atoms with van der Waals surface area (Å²) in [6.45, 7) is 3.76. The average Bonchev–Trinajstić information content (AvgIpc) is 3.29. The summed E-state index contributed by atoms with van der Waals surface area (Å²) in [6.07, 6.45) is 3.06. The number of nitrogens with zero attached hydrogens (tertiary/aromatic N) is 6. The van der Waals surface area contributed by atoms with E-state index in [2.05, 4.69) is 31.7 Å². The third-order valence-corrected chi connectivity index (χ3v) is 7.28. The molecule has 0 aliphatic carbocycles. The van der Waals surface area contributed by atoms with Gasteiger partial charge in [-0.2, -0.15) is 10.2 Å². The SMILES string of the molecule is CNc1nc2cc(Cl)c(Nc3nc(=O)n(-c4cncc(C)c4)c(=O)n3Cc3cc(C#N)ccc3C)cc2s1. The lowest BCUT2D eigenvalue weighted by molar-refractivity contribution is 0.655. The number of halogens is 1. The number of rotatable bonds is 6. The molecule has 0 aliphatic heterocycles. The lowest BCUT2D eigenvalue weighted by Gasteiger charge is -2.17. The lowest BCUT2D eigenvalue weighted by atomic mass is 10.1. The molecule has 0 aliphatic rings. The van der Waals surface area contributed by atoms with Gasteiger partial charge < -0.3 is 10.6 Å². The van der Waals surface area contributed by atoms with E-state index in [1.165, 1.54) is 22.1 Å². The maximum atomic E-state index is 13.8. The van der Waals surface area contributed by atoms with Crippen LogP contribution in [0.2, 0.25) is 5.02 Å². The molecule has 2 N–H and O–H groups in total. The number of hydrogen-bond donors (Lipinski definition) is 2. The Balaban J connectivity index is 1.69. The van der Waals surface area contributed by atoms with Crippen LogP contribution in [0.15, 0.2) is 58.4 Å². The third-order valence-electron chi connectivity index (χ3n) is 5.93. The molecule has 0 saturated heterocycles. The lowest BCUT2D eigenvalue weighted by Crippen LogP contribution is -2.42. The fourth-order valence-corrected chi connectivity index (χ4v) is 5.01. The molecule has 0 atom stereocenters. The van der Waals surface area contributed by atoms with Crippen molar-refractivity contribution in [1.29, 1.82) is 5.26 Å². The molecule has 2 aromatic carbocycles. The zero-order valence-electron chi connectivity index (χ0n) is 20.6. The summed E-state index contributed by atoms with van der Waals surface area (Å²) in [7, 11) is 1.78. The van der Waals surface area contributed by atoms with Crippen molar-refractivity contribution in [1.82, 2.24) is 24.1 Å². The number of aromatic nitrogens is 5.